The zero-order valence-electron chi connectivity index (χ0n) is 9.14. The monoisotopic (exact) mass is 250 g/mol. The number of carbonyl (C=O) groups excluding carboxylic acids is 1. The van der Waals surface area contributed by atoms with Gasteiger partial charge in [-0.05, 0) is 36.6 Å². The molecule has 0 aliphatic carbocycles. The summed E-state index contributed by atoms with van der Waals surface area (Å²) < 4.78 is 0. The van der Waals surface area contributed by atoms with Gasteiger partial charge in [0.15, 0.2) is 0 Å². The van der Waals surface area contributed by atoms with E-state index in [0.717, 1.165) is 25.9 Å². The molecular weight excluding hydrogens is 240 g/mol. The summed E-state index contributed by atoms with van der Waals surface area (Å²) in [6.45, 7) is 1.52. The molecule has 2 rings (SSSR count). The zero-order valence-corrected chi connectivity index (χ0v) is 9.89. The minimum absolute atomic E-state index is 0.0958. The van der Waals surface area contributed by atoms with Gasteiger partial charge in [0.2, 0.25) is 0 Å². The third kappa shape index (κ3) is 2.52. The molecule has 0 unspecified atom stereocenters. The van der Waals surface area contributed by atoms with Crippen molar-refractivity contribution in [2.45, 2.75) is 12.8 Å². The van der Waals surface area contributed by atoms with E-state index in [9.17, 15) is 4.79 Å². The lowest BCUT2D eigenvalue weighted by molar-refractivity contribution is 0.0793. The lowest BCUT2D eigenvalue weighted by Gasteiger charge is -2.16. The second-order valence-electron chi connectivity index (χ2n) is 3.85. The van der Waals surface area contributed by atoms with Crippen molar-refractivity contribution in [3.8, 4) is 0 Å². The number of amides is 1. The molecule has 0 radical (unpaired) electrons. The molecule has 1 aliphatic rings. The van der Waals surface area contributed by atoms with E-state index in [0.29, 0.717) is 10.6 Å². The first-order chi connectivity index (χ1) is 8.22. The first-order valence-corrected chi connectivity index (χ1v) is 5.74. The number of azide groups is 1. The quantitative estimate of drug-likeness (QED) is 0.450. The Labute approximate surface area is 104 Å². The second kappa shape index (κ2) is 5.08. The lowest BCUT2D eigenvalue weighted by Crippen LogP contribution is -2.27. The summed E-state index contributed by atoms with van der Waals surface area (Å²) in [5.74, 6) is -0.0958. The Hall–Kier alpha value is -1.71. The smallest absolute Gasteiger partial charge is 0.254 e. The highest BCUT2D eigenvalue weighted by atomic mass is 35.5. The summed E-state index contributed by atoms with van der Waals surface area (Å²) >= 11 is 5.81. The van der Waals surface area contributed by atoms with Crippen molar-refractivity contribution in [3.63, 3.8) is 0 Å². The van der Waals surface area contributed by atoms with E-state index in [-0.39, 0.29) is 11.6 Å². The molecule has 0 aromatic heterocycles. The van der Waals surface area contributed by atoms with Crippen LogP contribution in [-0.2, 0) is 0 Å². The van der Waals surface area contributed by atoms with Gasteiger partial charge >= 0.3 is 0 Å². The minimum Gasteiger partial charge on any atom is -0.339 e. The molecule has 1 aromatic rings. The number of hydrogen-bond donors (Lipinski definition) is 0. The number of likely N-dealkylation sites (tertiary alicyclic amines) is 1. The number of nitrogens with zero attached hydrogens (tertiary/aromatic N) is 4. The van der Waals surface area contributed by atoms with E-state index in [1.54, 1.807) is 17.0 Å². The van der Waals surface area contributed by atoms with Crippen molar-refractivity contribution in [1.82, 2.24) is 4.90 Å². The summed E-state index contributed by atoms with van der Waals surface area (Å²) in [5, 5.41) is 3.96. The molecule has 17 heavy (non-hydrogen) atoms. The molecule has 1 fully saturated rings. The van der Waals surface area contributed by atoms with E-state index >= 15 is 0 Å². The van der Waals surface area contributed by atoms with Crippen molar-refractivity contribution in [1.29, 1.82) is 0 Å². The van der Waals surface area contributed by atoms with Crippen LogP contribution in [0.15, 0.2) is 23.3 Å². The summed E-state index contributed by atoms with van der Waals surface area (Å²) in [6, 6.07) is 4.73. The van der Waals surface area contributed by atoms with Crippen LogP contribution >= 0.6 is 11.6 Å². The van der Waals surface area contributed by atoms with Gasteiger partial charge in [0.25, 0.3) is 5.91 Å². The number of rotatable bonds is 2. The molecule has 1 aliphatic heterocycles. The number of hydrogen-bond acceptors (Lipinski definition) is 2. The third-order valence-electron chi connectivity index (χ3n) is 2.74. The Morgan fingerprint density at radius 2 is 2.12 bits per heavy atom. The van der Waals surface area contributed by atoms with Crippen LogP contribution < -0.4 is 0 Å². The molecule has 88 valence electrons. The van der Waals surface area contributed by atoms with E-state index in [4.69, 9.17) is 17.1 Å². The van der Waals surface area contributed by atoms with Crippen molar-refractivity contribution in [2.75, 3.05) is 13.1 Å². The van der Waals surface area contributed by atoms with Crippen LogP contribution in [0.3, 0.4) is 0 Å². The number of benzene rings is 1. The number of carbonyl (C=O) groups is 1. The summed E-state index contributed by atoms with van der Waals surface area (Å²) in [4.78, 5) is 16.6. The maximum absolute atomic E-state index is 12.2. The molecule has 5 nitrogen and oxygen atoms in total. The van der Waals surface area contributed by atoms with Gasteiger partial charge in [0.05, 0.1) is 5.69 Å². The molecule has 1 aromatic carbocycles. The molecule has 1 saturated heterocycles. The fourth-order valence-corrected chi connectivity index (χ4v) is 2.07. The topological polar surface area (TPSA) is 69.1 Å². The maximum Gasteiger partial charge on any atom is 0.254 e. The minimum atomic E-state index is -0.0958. The Balaban J connectivity index is 2.36. The Kier molecular flexibility index (Phi) is 3.52. The highest BCUT2D eigenvalue weighted by Gasteiger charge is 2.21. The molecule has 1 amide bonds. The van der Waals surface area contributed by atoms with Crippen molar-refractivity contribution in [2.24, 2.45) is 5.11 Å². The molecule has 1 heterocycles. The molecule has 0 N–H and O–H groups in total. The first kappa shape index (κ1) is 11.8. The molecular formula is C11H11ClN4O. The third-order valence-corrected chi connectivity index (χ3v) is 2.97. The highest BCUT2D eigenvalue weighted by Crippen LogP contribution is 2.26. The van der Waals surface area contributed by atoms with Gasteiger partial charge in [-0.2, -0.15) is 0 Å². The molecule has 0 spiro atoms. The summed E-state index contributed by atoms with van der Waals surface area (Å²) in [7, 11) is 0. The summed E-state index contributed by atoms with van der Waals surface area (Å²) in [6.07, 6.45) is 2.05. The van der Waals surface area contributed by atoms with Gasteiger partial charge in [-0.3, -0.25) is 4.79 Å². The van der Waals surface area contributed by atoms with Gasteiger partial charge < -0.3 is 4.90 Å². The fourth-order valence-electron chi connectivity index (χ4n) is 1.91. The van der Waals surface area contributed by atoms with E-state index < -0.39 is 0 Å². The molecule has 0 atom stereocenters. The standard InChI is InChI=1S/C11H11ClN4O/c12-8-3-4-9(10(7-8)14-15-13)11(17)16-5-1-2-6-16/h3-4,7H,1-2,5-6H2. The Bertz CT molecular complexity index is 490. The van der Waals surface area contributed by atoms with E-state index in [2.05, 4.69) is 10.0 Å². The van der Waals surface area contributed by atoms with Gasteiger partial charge in [-0.25, -0.2) is 0 Å². The first-order valence-electron chi connectivity index (χ1n) is 5.36. The normalized spacial score (nSPS) is 14.5. The van der Waals surface area contributed by atoms with Crippen molar-refractivity contribution >= 4 is 23.2 Å². The Morgan fingerprint density at radius 3 is 2.76 bits per heavy atom. The summed E-state index contributed by atoms with van der Waals surface area (Å²) in [5.41, 5.74) is 9.17. The van der Waals surface area contributed by atoms with Crippen LogP contribution in [-0.4, -0.2) is 23.9 Å². The SMILES string of the molecule is [N-]=[N+]=Nc1cc(Cl)ccc1C(=O)N1CCCC1. The van der Waals surface area contributed by atoms with Crippen molar-refractivity contribution in [3.05, 3.63) is 39.2 Å². The molecule has 0 saturated carbocycles. The van der Waals surface area contributed by atoms with E-state index in [1.807, 2.05) is 0 Å². The van der Waals surface area contributed by atoms with Crippen LogP contribution in [0.2, 0.25) is 5.02 Å². The number of halogens is 1. The molecule has 0 bridgehead atoms. The van der Waals surface area contributed by atoms with E-state index in [1.165, 1.54) is 6.07 Å². The van der Waals surface area contributed by atoms with Crippen LogP contribution in [0.5, 0.6) is 0 Å². The van der Waals surface area contributed by atoms with Crippen LogP contribution in [0.25, 0.3) is 10.4 Å². The van der Waals surface area contributed by atoms with Gasteiger partial charge in [-0.15, -0.1) is 0 Å². The molecule has 6 heteroatoms. The average molecular weight is 251 g/mol. The fraction of sp³-hybridized carbons (Fsp3) is 0.364. The van der Waals surface area contributed by atoms with Crippen molar-refractivity contribution < 1.29 is 4.79 Å². The van der Waals surface area contributed by atoms with Crippen LogP contribution in [0.4, 0.5) is 5.69 Å². The van der Waals surface area contributed by atoms with Gasteiger partial charge in [0.1, 0.15) is 0 Å². The predicted octanol–water partition coefficient (Wildman–Crippen LogP) is 3.52. The predicted molar refractivity (Wildman–Crippen MR) is 65.4 cm³/mol. The average Bonchev–Trinajstić information content (AvgIpc) is 2.82. The zero-order chi connectivity index (χ0) is 12.3. The Morgan fingerprint density at radius 1 is 1.41 bits per heavy atom. The maximum atomic E-state index is 12.2. The second-order valence-corrected chi connectivity index (χ2v) is 4.29. The van der Waals surface area contributed by atoms with Crippen LogP contribution in [0, 0.1) is 0 Å². The van der Waals surface area contributed by atoms with Gasteiger partial charge in [0, 0.05) is 28.6 Å². The van der Waals surface area contributed by atoms with Crippen LogP contribution in [0.1, 0.15) is 23.2 Å². The largest absolute Gasteiger partial charge is 0.339 e. The lowest BCUT2D eigenvalue weighted by atomic mass is 10.1. The van der Waals surface area contributed by atoms with Gasteiger partial charge in [-0.1, -0.05) is 16.7 Å². The highest BCUT2D eigenvalue weighted by molar-refractivity contribution is 6.31.